The average molecular weight is 315 g/mol. The van der Waals surface area contributed by atoms with E-state index in [1.165, 1.54) is 37.7 Å². The van der Waals surface area contributed by atoms with Crippen LogP contribution in [0.4, 0.5) is 0 Å². The van der Waals surface area contributed by atoms with Crippen LogP contribution >= 0.6 is 23.2 Å². The zero-order valence-corrected chi connectivity index (χ0v) is 13.0. The van der Waals surface area contributed by atoms with Gasteiger partial charge in [0.1, 0.15) is 0 Å². The number of carboxylic acid groups (broad SMARTS) is 1. The normalized spacial score (nSPS) is 17.9. The quantitative estimate of drug-likeness (QED) is 0.725. The molecule has 0 saturated heterocycles. The summed E-state index contributed by atoms with van der Waals surface area (Å²) < 4.78 is 0. The summed E-state index contributed by atoms with van der Waals surface area (Å²) in [6, 6.07) is 5.98. The van der Waals surface area contributed by atoms with Crippen LogP contribution in [-0.4, -0.2) is 11.1 Å². The predicted molar refractivity (Wildman–Crippen MR) is 82.7 cm³/mol. The Hall–Kier alpha value is -0.730. The van der Waals surface area contributed by atoms with E-state index >= 15 is 0 Å². The van der Waals surface area contributed by atoms with Gasteiger partial charge in [-0.25, -0.2) is 0 Å². The molecule has 0 radical (unpaired) electrons. The van der Waals surface area contributed by atoms with Gasteiger partial charge in [-0.3, -0.25) is 4.79 Å². The van der Waals surface area contributed by atoms with Crippen molar-refractivity contribution in [2.75, 3.05) is 0 Å². The molecule has 1 fully saturated rings. The van der Waals surface area contributed by atoms with Gasteiger partial charge in [0.25, 0.3) is 0 Å². The van der Waals surface area contributed by atoms with E-state index < -0.39 is 5.97 Å². The molecule has 1 saturated carbocycles. The molecule has 20 heavy (non-hydrogen) atoms. The van der Waals surface area contributed by atoms with Crippen molar-refractivity contribution in [1.82, 2.24) is 0 Å². The Morgan fingerprint density at radius 3 is 2.60 bits per heavy atom. The fourth-order valence-corrected chi connectivity index (χ4v) is 3.49. The van der Waals surface area contributed by atoms with Gasteiger partial charge < -0.3 is 5.11 Å². The highest BCUT2D eigenvalue weighted by atomic mass is 35.5. The van der Waals surface area contributed by atoms with E-state index in [2.05, 4.69) is 6.07 Å². The number of carbonyl (C=O) groups is 1. The molecular weight excluding hydrogens is 295 g/mol. The molecule has 0 spiro atoms. The van der Waals surface area contributed by atoms with Gasteiger partial charge in [-0.2, -0.15) is 0 Å². The number of halogens is 2. The lowest BCUT2D eigenvalue weighted by molar-refractivity contribution is -0.137. The molecule has 1 atom stereocenters. The van der Waals surface area contributed by atoms with E-state index in [1.54, 1.807) is 0 Å². The number of rotatable bonds is 5. The first-order valence-electron chi connectivity index (χ1n) is 7.23. The number of hydrogen-bond donors (Lipinski definition) is 1. The first kappa shape index (κ1) is 15.7. The topological polar surface area (TPSA) is 37.3 Å². The van der Waals surface area contributed by atoms with Crippen molar-refractivity contribution in [3.05, 3.63) is 34.3 Å². The average Bonchev–Trinajstić information content (AvgIpc) is 2.45. The minimum Gasteiger partial charge on any atom is -0.481 e. The van der Waals surface area contributed by atoms with Crippen LogP contribution in [0, 0.1) is 0 Å². The SMILES string of the molecule is O=C(O)CCC(Cl)c1ccc(C2CCCCC2)c(Cl)c1. The number of carboxylic acids is 1. The maximum absolute atomic E-state index is 10.6. The van der Waals surface area contributed by atoms with Crippen LogP contribution in [0.2, 0.25) is 5.02 Å². The van der Waals surface area contributed by atoms with E-state index in [9.17, 15) is 4.79 Å². The molecule has 0 bridgehead atoms. The molecule has 2 nitrogen and oxygen atoms in total. The number of alkyl halides is 1. The van der Waals surface area contributed by atoms with E-state index in [-0.39, 0.29) is 11.8 Å². The van der Waals surface area contributed by atoms with Gasteiger partial charge >= 0.3 is 5.97 Å². The van der Waals surface area contributed by atoms with E-state index in [4.69, 9.17) is 28.3 Å². The summed E-state index contributed by atoms with van der Waals surface area (Å²) >= 11 is 12.6. The summed E-state index contributed by atoms with van der Waals surface area (Å²) in [5.74, 6) is -0.251. The number of benzene rings is 1. The molecule has 0 aromatic heterocycles. The summed E-state index contributed by atoms with van der Waals surface area (Å²) in [5, 5.41) is 9.18. The van der Waals surface area contributed by atoms with Gasteiger partial charge in [0.05, 0.1) is 5.38 Å². The Balaban J connectivity index is 2.06. The second kappa shape index (κ2) is 7.33. The first-order valence-corrected chi connectivity index (χ1v) is 8.04. The molecule has 110 valence electrons. The Labute approximate surface area is 130 Å². The molecule has 2 rings (SSSR count). The van der Waals surface area contributed by atoms with Crippen molar-refractivity contribution in [3.8, 4) is 0 Å². The molecule has 1 aliphatic carbocycles. The third-order valence-corrected chi connectivity index (χ3v) is 4.84. The predicted octanol–water partition coefficient (Wildman–Crippen LogP) is 5.53. The van der Waals surface area contributed by atoms with E-state index in [1.807, 2.05) is 12.1 Å². The van der Waals surface area contributed by atoms with Gasteiger partial charge in [-0.1, -0.05) is 43.0 Å². The minimum absolute atomic E-state index is 0.0795. The maximum Gasteiger partial charge on any atom is 0.303 e. The fourth-order valence-electron chi connectivity index (χ4n) is 2.90. The molecule has 0 aliphatic heterocycles. The number of hydrogen-bond acceptors (Lipinski definition) is 1. The largest absolute Gasteiger partial charge is 0.481 e. The van der Waals surface area contributed by atoms with Crippen molar-refractivity contribution < 1.29 is 9.90 Å². The summed E-state index contributed by atoms with van der Waals surface area (Å²) in [7, 11) is 0. The van der Waals surface area contributed by atoms with Crippen molar-refractivity contribution >= 4 is 29.2 Å². The molecule has 0 amide bonds. The molecule has 4 heteroatoms. The van der Waals surface area contributed by atoms with Gasteiger partial charge in [0.2, 0.25) is 0 Å². The second-order valence-electron chi connectivity index (χ2n) is 5.52. The standard InChI is InChI=1S/C16H20Cl2O2/c17-14(8-9-16(19)20)12-6-7-13(15(18)10-12)11-4-2-1-3-5-11/h6-7,10-11,14H,1-5,8-9H2,(H,19,20). The van der Waals surface area contributed by atoms with E-state index in [0.717, 1.165) is 10.6 Å². The van der Waals surface area contributed by atoms with Crippen LogP contribution < -0.4 is 0 Å². The monoisotopic (exact) mass is 314 g/mol. The lowest BCUT2D eigenvalue weighted by Gasteiger charge is -2.23. The third-order valence-electron chi connectivity index (χ3n) is 4.04. The number of aliphatic carboxylic acids is 1. The zero-order valence-electron chi connectivity index (χ0n) is 11.4. The summed E-state index contributed by atoms with van der Waals surface area (Å²) in [5.41, 5.74) is 2.13. The summed E-state index contributed by atoms with van der Waals surface area (Å²) in [4.78, 5) is 10.6. The highest BCUT2D eigenvalue weighted by Crippen LogP contribution is 2.38. The van der Waals surface area contributed by atoms with Gasteiger partial charge in [0, 0.05) is 11.4 Å². The molecule has 1 aromatic carbocycles. The van der Waals surface area contributed by atoms with Crippen LogP contribution in [0.5, 0.6) is 0 Å². The lowest BCUT2D eigenvalue weighted by atomic mass is 9.83. The van der Waals surface area contributed by atoms with Gasteiger partial charge in [0.15, 0.2) is 0 Å². The lowest BCUT2D eigenvalue weighted by Crippen LogP contribution is -2.06. The van der Waals surface area contributed by atoms with Crippen LogP contribution in [-0.2, 0) is 4.79 Å². The molecule has 1 aliphatic rings. The van der Waals surface area contributed by atoms with Crippen LogP contribution in [0.3, 0.4) is 0 Å². The Morgan fingerprint density at radius 1 is 1.30 bits per heavy atom. The summed E-state index contributed by atoms with van der Waals surface area (Å²) in [6.07, 6.45) is 6.81. The van der Waals surface area contributed by atoms with Crippen LogP contribution in [0.15, 0.2) is 18.2 Å². The molecular formula is C16H20Cl2O2. The Morgan fingerprint density at radius 2 is 2.00 bits per heavy atom. The minimum atomic E-state index is -0.819. The van der Waals surface area contributed by atoms with Crippen LogP contribution in [0.25, 0.3) is 0 Å². The molecule has 1 N–H and O–H groups in total. The molecule has 1 unspecified atom stereocenters. The zero-order chi connectivity index (χ0) is 14.5. The van der Waals surface area contributed by atoms with Gasteiger partial charge in [-0.05, 0) is 42.4 Å². The molecule has 0 heterocycles. The van der Waals surface area contributed by atoms with Crippen molar-refractivity contribution in [3.63, 3.8) is 0 Å². The first-order chi connectivity index (χ1) is 9.58. The third kappa shape index (κ3) is 4.13. The fraction of sp³-hybridized carbons (Fsp3) is 0.562. The smallest absolute Gasteiger partial charge is 0.303 e. The van der Waals surface area contributed by atoms with Gasteiger partial charge in [-0.15, -0.1) is 11.6 Å². The highest BCUT2D eigenvalue weighted by molar-refractivity contribution is 6.31. The van der Waals surface area contributed by atoms with Crippen molar-refractivity contribution in [1.29, 1.82) is 0 Å². The van der Waals surface area contributed by atoms with Crippen molar-refractivity contribution in [2.24, 2.45) is 0 Å². The van der Waals surface area contributed by atoms with E-state index in [0.29, 0.717) is 12.3 Å². The van der Waals surface area contributed by atoms with Crippen LogP contribution in [0.1, 0.15) is 67.4 Å². The Kier molecular flexibility index (Phi) is 5.74. The molecule has 1 aromatic rings. The second-order valence-corrected chi connectivity index (χ2v) is 6.45. The summed E-state index contributed by atoms with van der Waals surface area (Å²) in [6.45, 7) is 0. The highest BCUT2D eigenvalue weighted by Gasteiger charge is 2.19. The Bertz CT molecular complexity index is 468. The van der Waals surface area contributed by atoms with Crippen molar-refractivity contribution in [2.45, 2.75) is 56.2 Å². The maximum atomic E-state index is 10.6.